The molecule has 3 rings (SSSR count). The Morgan fingerprint density at radius 3 is 2.70 bits per heavy atom. The maximum atomic E-state index is 12.7. The van der Waals surface area contributed by atoms with Crippen molar-refractivity contribution in [3.63, 3.8) is 0 Å². The molecule has 0 fully saturated rings. The lowest BCUT2D eigenvalue weighted by molar-refractivity contribution is 0.0603. The highest BCUT2D eigenvalue weighted by molar-refractivity contribution is 7.07. The SMILES string of the molecule is O=C(c1ccoc1)N(Cc1ccccc1)CC(O)c1ccsc1. The van der Waals surface area contributed by atoms with Crippen LogP contribution in [0.5, 0.6) is 0 Å². The molecule has 1 aromatic carbocycles. The zero-order valence-corrected chi connectivity index (χ0v) is 13.3. The molecular weight excluding hydrogens is 310 g/mol. The lowest BCUT2D eigenvalue weighted by Gasteiger charge is -2.25. The summed E-state index contributed by atoms with van der Waals surface area (Å²) in [5.41, 5.74) is 2.33. The van der Waals surface area contributed by atoms with Gasteiger partial charge in [-0.05, 0) is 34.0 Å². The predicted molar refractivity (Wildman–Crippen MR) is 89.2 cm³/mol. The number of aliphatic hydroxyl groups is 1. The zero-order chi connectivity index (χ0) is 16.1. The number of hydrogen-bond acceptors (Lipinski definition) is 4. The van der Waals surface area contributed by atoms with E-state index in [2.05, 4.69) is 0 Å². The molecule has 23 heavy (non-hydrogen) atoms. The summed E-state index contributed by atoms with van der Waals surface area (Å²) in [4.78, 5) is 14.3. The van der Waals surface area contributed by atoms with Crippen molar-refractivity contribution >= 4 is 17.2 Å². The summed E-state index contributed by atoms with van der Waals surface area (Å²) in [6.45, 7) is 0.668. The molecule has 0 saturated carbocycles. The van der Waals surface area contributed by atoms with Gasteiger partial charge in [-0.2, -0.15) is 11.3 Å². The molecule has 0 aliphatic heterocycles. The second kappa shape index (κ2) is 7.26. The molecule has 2 heterocycles. The molecule has 0 radical (unpaired) electrons. The van der Waals surface area contributed by atoms with Crippen LogP contribution in [0.3, 0.4) is 0 Å². The molecule has 0 saturated heterocycles. The first kappa shape index (κ1) is 15.5. The van der Waals surface area contributed by atoms with Crippen LogP contribution < -0.4 is 0 Å². The van der Waals surface area contributed by atoms with E-state index in [4.69, 9.17) is 4.42 Å². The van der Waals surface area contributed by atoms with Gasteiger partial charge in [0.1, 0.15) is 6.26 Å². The molecule has 0 spiro atoms. The highest BCUT2D eigenvalue weighted by Gasteiger charge is 2.21. The lowest BCUT2D eigenvalue weighted by Crippen LogP contribution is -2.34. The van der Waals surface area contributed by atoms with Gasteiger partial charge in [-0.25, -0.2) is 0 Å². The molecule has 2 aromatic heterocycles. The third-order valence-corrected chi connectivity index (χ3v) is 4.29. The van der Waals surface area contributed by atoms with E-state index in [9.17, 15) is 9.90 Å². The second-order valence-corrected chi connectivity index (χ2v) is 6.04. The Labute approximate surface area is 138 Å². The number of furan rings is 1. The standard InChI is InChI=1S/C18H17NO3S/c20-17(16-7-9-23-13-16)11-19(10-14-4-2-1-3-5-14)18(21)15-6-8-22-12-15/h1-9,12-13,17,20H,10-11H2. The highest BCUT2D eigenvalue weighted by atomic mass is 32.1. The third-order valence-electron chi connectivity index (χ3n) is 3.59. The van der Waals surface area contributed by atoms with Crippen LogP contribution in [0.1, 0.15) is 27.6 Å². The Hall–Kier alpha value is -2.37. The van der Waals surface area contributed by atoms with Gasteiger partial charge in [0.05, 0.1) is 24.5 Å². The Balaban J connectivity index is 1.79. The molecule has 1 unspecified atom stereocenters. The molecule has 0 aliphatic carbocycles. The molecule has 1 N–H and O–H groups in total. The Bertz CT molecular complexity index is 723. The first-order valence-electron chi connectivity index (χ1n) is 7.29. The van der Waals surface area contributed by atoms with E-state index >= 15 is 0 Å². The molecular formula is C18H17NO3S. The van der Waals surface area contributed by atoms with Crippen LogP contribution in [-0.2, 0) is 6.54 Å². The van der Waals surface area contributed by atoms with Crippen LogP contribution >= 0.6 is 11.3 Å². The predicted octanol–water partition coefficient (Wildman–Crippen LogP) is 3.72. The lowest BCUT2D eigenvalue weighted by atomic mass is 10.1. The molecule has 118 valence electrons. The van der Waals surface area contributed by atoms with Crippen LogP contribution in [0.4, 0.5) is 0 Å². The highest BCUT2D eigenvalue weighted by Crippen LogP contribution is 2.20. The van der Waals surface area contributed by atoms with Crippen molar-refractivity contribution in [3.05, 3.63) is 82.4 Å². The summed E-state index contributed by atoms with van der Waals surface area (Å²) < 4.78 is 5.00. The van der Waals surface area contributed by atoms with Gasteiger partial charge < -0.3 is 14.4 Å². The van der Waals surface area contributed by atoms with Crippen molar-refractivity contribution in [2.75, 3.05) is 6.54 Å². The topological polar surface area (TPSA) is 53.7 Å². The number of nitrogens with zero attached hydrogens (tertiary/aromatic N) is 1. The average molecular weight is 327 g/mol. The van der Waals surface area contributed by atoms with Crippen molar-refractivity contribution in [1.29, 1.82) is 0 Å². The molecule has 1 atom stereocenters. The fourth-order valence-electron chi connectivity index (χ4n) is 2.37. The average Bonchev–Trinajstić information content (AvgIpc) is 3.27. The van der Waals surface area contributed by atoms with Gasteiger partial charge >= 0.3 is 0 Å². The molecule has 0 bridgehead atoms. The van der Waals surface area contributed by atoms with E-state index in [0.29, 0.717) is 12.1 Å². The van der Waals surface area contributed by atoms with Crippen molar-refractivity contribution in [1.82, 2.24) is 4.90 Å². The van der Waals surface area contributed by atoms with Crippen LogP contribution in [0.15, 0.2) is 70.2 Å². The minimum atomic E-state index is -0.708. The summed E-state index contributed by atoms with van der Waals surface area (Å²) in [5, 5.41) is 14.2. The van der Waals surface area contributed by atoms with Crippen molar-refractivity contribution in [3.8, 4) is 0 Å². The number of amides is 1. The molecule has 4 nitrogen and oxygen atoms in total. The Kier molecular flexibility index (Phi) is 4.90. The fraction of sp³-hybridized carbons (Fsp3) is 0.167. The Morgan fingerprint density at radius 2 is 2.04 bits per heavy atom. The van der Waals surface area contributed by atoms with Gasteiger partial charge in [0.2, 0.25) is 0 Å². The van der Waals surface area contributed by atoms with Crippen LogP contribution in [0, 0.1) is 0 Å². The quantitative estimate of drug-likeness (QED) is 0.751. The van der Waals surface area contributed by atoms with Crippen molar-refractivity contribution in [2.45, 2.75) is 12.6 Å². The number of rotatable bonds is 6. The van der Waals surface area contributed by atoms with Crippen LogP contribution in [0.2, 0.25) is 0 Å². The van der Waals surface area contributed by atoms with Crippen molar-refractivity contribution in [2.24, 2.45) is 0 Å². The van der Waals surface area contributed by atoms with Crippen molar-refractivity contribution < 1.29 is 14.3 Å². The van der Waals surface area contributed by atoms with E-state index in [1.165, 1.54) is 23.9 Å². The van der Waals surface area contributed by atoms with E-state index in [1.54, 1.807) is 11.0 Å². The smallest absolute Gasteiger partial charge is 0.257 e. The van der Waals surface area contributed by atoms with Gasteiger partial charge in [-0.3, -0.25) is 4.79 Å². The summed E-state index contributed by atoms with van der Waals surface area (Å²) in [7, 11) is 0. The van der Waals surface area contributed by atoms with E-state index in [1.807, 2.05) is 47.2 Å². The molecule has 3 aromatic rings. The van der Waals surface area contributed by atoms with Gasteiger partial charge in [0, 0.05) is 6.54 Å². The third kappa shape index (κ3) is 3.88. The van der Waals surface area contributed by atoms with E-state index in [0.717, 1.165) is 11.1 Å². The minimum Gasteiger partial charge on any atom is -0.472 e. The van der Waals surface area contributed by atoms with Crippen LogP contribution in [-0.4, -0.2) is 22.5 Å². The van der Waals surface area contributed by atoms with Gasteiger partial charge in [0.15, 0.2) is 0 Å². The number of hydrogen-bond donors (Lipinski definition) is 1. The first-order chi connectivity index (χ1) is 11.2. The van der Waals surface area contributed by atoms with E-state index < -0.39 is 6.10 Å². The summed E-state index contributed by atoms with van der Waals surface area (Å²) >= 11 is 1.53. The number of carbonyl (C=O) groups excluding carboxylic acids is 1. The maximum absolute atomic E-state index is 12.7. The summed E-state index contributed by atoms with van der Waals surface area (Å²) in [6.07, 6.45) is 2.20. The molecule has 0 aliphatic rings. The largest absolute Gasteiger partial charge is 0.472 e. The Morgan fingerprint density at radius 1 is 1.22 bits per heavy atom. The fourth-order valence-corrected chi connectivity index (χ4v) is 3.08. The zero-order valence-electron chi connectivity index (χ0n) is 12.5. The number of aliphatic hydroxyl groups excluding tert-OH is 1. The normalized spacial score (nSPS) is 12.0. The van der Waals surface area contributed by atoms with Gasteiger partial charge in [0.25, 0.3) is 5.91 Å². The monoisotopic (exact) mass is 327 g/mol. The summed E-state index contributed by atoms with van der Waals surface area (Å²) in [6, 6.07) is 13.2. The number of carbonyl (C=O) groups is 1. The van der Waals surface area contributed by atoms with Crippen LogP contribution in [0.25, 0.3) is 0 Å². The van der Waals surface area contributed by atoms with Gasteiger partial charge in [-0.1, -0.05) is 30.3 Å². The minimum absolute atomic E-state index is 0.156. The number of thiophene rings is 1. The molecule has 1 amide bonds. The molecule has 5 heteroatoms. The maximum Gasteiger partial charge on any atom is 0.257 e. The first-order valence-corrected chi connectivity index (χ1v) is 8.24. The second-order valence-electron chi connectivity index (χ2n) is 5.26. The number of benzene rings is 1. The summed E-state index contributed by atoms with van der Waals surface area (Å²) in [5.74, 6) is -0.156. The van der Waals surface area contributed by atoms with E-state index in [-0.39, 0.29) is 12.5 Å². The van der Waals surface area contributed by atoms with Gasteiger partial charge in [-0.15, -0.1) is 0 Å².